The van der Waals surface area contributed by atoms with E-state index in [9.17, 15) is 9.59 Å². The summed E-state index contributed by atoms with van der Waals surface area (Å²) in [5, 5.41) is 0. The fourth-order valence-electron chi connectivity index (χ4n) is 4.06. The molecule has 132 valence electrons. The van der Waals surface area contributed by atoms with Crippen LogP contribution < -0.4 is 4.90 Å². The van der Waals surface area contributed by atoms with Gasteiger partial charge in [-0.05, 0) is 25.0 Å². The highest BCUT2D eigenvalue weighted by molar-refractivity contribution is 6.02. The highest BCUT2D eigenvalue weighted by Gasteiger charge is 2.67. The second-order valence-electron chi connectivity index (χ2n) is 7.68. The maximum atomic E-state index is 13.1. The molecule has 0 aliphatic carbocycles. The molecule has 3 aliphatic heterocycles. The number of ether oxygens (including phenoxy) is 2. The highest BCUT2D eigenvalue weighted by Crippen LogP contribution is 2.52. The summed E-state index contributed by atoms with van der Waals surface area (Å²) in [4.78, 5) is 27.5. The molecule has 5 heteroatoms. The summed E-state index contributed by atoms with van der Waals surface area (Å²) in [5.41, 5.74) is 1.28. The SMILES string of the molecule is Cc1ccc(N2C[C@]34C=C[C@@H](O3)[C@@H](C(=O)OCC(C)C)[C@H]4C2=O)cc1. The normalized spacial score (nSPS) is 32.6. The Bertz CT molecular complexity index is 739. The summed E-state index contributed by atoms with van der Waals surface area (Å²) < 4.78 is 11.5. The molecule has 5 nitrogen and oxygen atoms in total. The van der Waals surface area contributed by atoms with E-state index in [-0.39, 0.29) is 23.9 Å². The Kier molecular flexibility index (Phi) is 3.72. The van der Waals surface area contributed by atoms with Gasteiger partial charge < -0.3 is 14.4 Å². The number of fused-ring (bicyclic) bond motifs is 1. The molecule has 4 rings (SSSR count). The summed E-state index contributed by atoms with van der Waals surface area (Å²) in [6.07, 6.45) is 3.51. The Labute approximate surface area is 147 Å². The van der Waals surface area contributed by atoms with E-state index < -0.39 is 17.4 Å². The van der Waals surface area contributed by atoms with Crippen molar-refractivity contribution in [1.29, 1.82) is 0 Å². The molecule has 0 aromatic heterocycles. The lowest BCUT2D eigenvalue weighted by Crippen LogP contribution is -2.40. The van der Waals surface area contributed by atoms with E-state index in [1.54, 1.807) is 4.90 Å². The number of carbonyl (C=O) groups excluding carboxylic acids is 2. The van der Waals surface area contributed by atoms with Crippen LogP contribution in [-0.4, -0.2) is 36.7 Å². The number of nitrogens with zero attached hydrogens (tertiary/aromatic N) is 1. The average Bonchev–Trinajstić information content (AvgIpc) is 3.22. The van der Waals surface area contributed by atoms with Gasteiger partial charge in [0.1, 0.15) is 11.5 Å². The molecule has 1 amide bonds. The number of aryl methyl sites for hydroxylation is 1. The number of hydrogen-bond donors (Lipinski definition) is 0. The average molecular weight is 341 g/mol. The maximum Gasteiger partial charge on any atom is 0.312 e. The first kappa shape index (κ1) is 16.3. The molecule has 25 heavy (non-hydrogen) atoms. The minimum absolute atomic E-state index is 0.0535. The van der Waals surface area contributed by atoms with Crippen molar-refractivity contribution in [1.82, 2.24) is 0 Å². The maximum absolute atomic E-state index is 13.1. The number of rotatable bonds is 4. The van der Waals surface area contributed by atoms with Crippen LogP contribution in [0.5, 0.6) is 0 Å². The number of anilines is 1. The zero-order valence-corrected chi connectivity index (χ0v) is 14.8. The van der Waals surface area contributed by atoms with E-state index in [1.165, 1.54) is 0 Å². The minimum Gasteiger partial charge on any atom is -0.465 e. The minimum atomic E-state index is -0.700. The Hall–Kier alpha value is -2.14. The lowest BCUT2D eigenvalue weighted by Gasteiger charge is -2.23. The van der Waals surface area contributed by atoms with Crippen molar-refractivity contribution in [3.63, 3.8) is 0 Å². The highest BCUT2D eigenvalue weighted by atomic mass is 16.6. The van der Waals surface area contributed by atoms with Crippen molar-refractivity contribution in [3.05, 3.63) is 42.0 Å². The molecular weight excluding hydrogens is 318 g/mol. The van der Waals surface area contributed by atoms with E-state index in [0.29, 0.717) is 13.2 Å². The van der Waals surface area contributed by atoms with Crippen LogP contribution in [0.3, 0.4) is 0 Å². The first-order chi connectivity index (χ1) is 11.9. The van der Waals surface area contributed by atoms with Crippen LogP contribution in [0.1, 0.15) is 19.4 Å². The summed E-state index contributed by atoms with van der Waals surface area (Å²) in [7, 11) is 0. The first-order valence-corrected chi connectivity index (χ1v) is 8.83. The van der Waals surface area contributed by atoms with Gasteiger partial charge in [0, 0.05) is 5.69 Å². The smallest absolute Gasteiger partial charge is 0.312 e. The van der Waals surface area contributed by atoms with Gasteiger partial charge in [-0.15, -0.1) is 0 Å². The standard InChI is InChI=1S/C20H23NO4/c1-12(2)10-24-19(23)16-15-8-9-20(25-15)11-21(18(22)17(16)20)14-6-4-13(3)5-7-14/h4-9,12,15-17H,10-11H2,1-3H3/t15-,16-,17+,20+/m1/s1. The van der Waals surface area contributed by atoms with Crippen LogP contribution in [0, 0.1) is 24.7 Å². The van der Waals surface area contributed by atoms with Gasteiger partial charge in [0.05, 0.1) is 25.2 Å². The van der Waals surface area contributed by atoms with Gasteiger partial charge >= 0.3 is 5.97 Å². The quantitative estimate of drug-likeness (QED) is 0.624. The molecule has 4 atom stereocenters. The number of hydrogen-bond acceptors (Lipinski definition) is 4. The molecule has 2 saturated heterocycles. The Morgan fingerprint density at radius 2 is 2.08 bits per heavy atom. The molecule has 2 fully saturated rings. The van der Waals surface area contributed by atoms with Gasteiger partial charge in [0.15, 0.2) is 0 Å². The van der Waals surface area contributed by atoms with Crippen molar-refractivity contribution in [2.75, 3.05) is 18.1 Å². The van der Waals surface area contributed by atoms with Gasteiger partial charge in [0.25, 0.3) is 0 Å². The van der Waals surface area contributed by atoms with E-state index in [1.807, 2.05) is 57.2 Å². The van der Waals surface area contributed by atoms with Crippen molar-refractivity contribution in [2.24, 2.45) is 17.8 Å². The zero-order valence-electron chi connectivity index (χ0n) is 14.8. The van der Waals surface area contributed by atoms with Crippen LogP contribution in [0.4, 0.5) is 5.69 Å². The molecule has 3 heterocycles. The fraction of sp³-hybridized carbons (Fsp3) is 0.500. The molecule has 1 spiro atoms. The molecule has 3 aliphatic rings. The van der Waals surface area contributed by atoms with Crippen LogP contribution >= 0.6 is 0 Å². The molecule has 0 saturated carbocycles. The third-order valence-electron chi connectivity index (χ3n) is 5.28. The molecule has 0 N–H and O–H groups in total. The zero-order chi connectivity index (χ0) is 17.8. The predicted molar refractivity (Wildman–Crippen MR) is 93.1 cm³/mol. The van der Waals surface area contributed by atoms with Crippen molar-refractivity contribution < 1.29 is 19.1 Å². The fourth-order valence-corrected chi connectivity index (χ4v) is 4.06. The van der Waals surface area contributed by atoms with Crippen molar-refractivity contribution in [2.45, 2.75) is 32.5 Å². The van der Waals surface area contributed by atoms with Gasteiger partial charge in [-0.3, -0.25) is 9.59 Å². The molecule has 2 bridgehead atoms. The second kappa shape index (κ2) is 5.70. The van der Waals surface area contributed by atoms with Crippen molar-refractivity contribution >= 4 is 17.6 Å². The number of benzene rings is 1. The van der Waals surface area contributed by atoms with Gasteiger partial charge in [0.2, 0.25) is 5.91 Å². The summed E-state index contributed by atoms with van der Waals surface area (Å²) >= 11 is 0. The van der Waals surface area contributed by atoms with Gasteiger partial charge in [-0.25, -0.2) is 0 Å². The summed E-state index contributed by atoms with van der Waals surface area (Å²) in [6, 6.07) is 7.84. The second-order valence-corrected chi connectivity index (χ2v) is 7.68. The first-order valence-electron chi connectivity index (χ1n) is 8.83. The van der Waals surface area contributed by atoms with E-state index in [4.69, 9.17) is 9.47 Å². The molecule has 0 radical (unpaired) electrons. The van der Waals surface area contributed by atoms with Gasteiger partial charge in [-0.2, -0.15) is 0 Å². The molecular formula is C20H23NO4. The third kappa shape index (κ3) is 2.49. The third-order valence-corrected chi connectivity index (χ3v) is 5.28. The Morgan fingerprint density at radius 1 is 1.36 bits per heavy atom. The number of esters is 1. The topological polar surface area (TPSA) is 55.8 Å². The summed E-state index contributed by atoms with van der Waals surface area (Å²) in [5.74, 6) is -1.16. The number of amides is 1. The Morgan fingerprint density at radius 3 is 2.76 bits per heavy atom. The lowest BCUT2D eigenvalue weighted by molar-refractivity contribution is -0.153. The predicted octanol–water partition coefficient (Wildman–Crippen LogP) is 2.48. The lowest BCUT2D eigenvalue weighted by atomic mass is 9.77. The van der Waals surface area contributed by atoms with Gasteiger partial charge in [-0.1, -0.05) is 43.7 Å². The van der Waals surface area contributed by atoms with E-state index in [2.05, 4.69) is 0 Å². The van der Waals surface area contributed by atoms with Crippen LogP contribution in [0.15, 0.2) is 36.4 Å². The largest absolute Gasteiger partial charge is 0.465 e. The Balaban J connectivity index is 1.61. The summed E-state index contributed by atoms with van der Waals surface area (Å²) in [6.45, 7) is 6.80. The van der Waals surface area contributed by atoms with E-state index in [0.717, 1.165) is 11.3 Å². The number of carbonyl (C=O) groups is 2. The monoisotopic (exact) mass is 341 g/mol. The molecule has 1 aromatic carbocycles. The van der Waals surface area contributed by atoms with Crippen molar-refractivity contribution in [3.8, 4) is 0 Å². The van der Waals surface area contributed by atoms with Crippen LogP contribution in [0.25, 0.3) is 0 Å². The van der Waals surface area contributed by atoms with E-state index >= 15 is 0 Å². The molecule has 1 aromatic rings. The van der Waals surface area contributed by atoms with Crippen LogP contribution in [-0.2, 0) is 19.1 Å². The van der Waals surface area contributed by atoms with Crippen LogP contribution in [0.2, 0.25) is 0 Å². The molecule has 0 unspecified atom stereocenters.